The van der Waals surface area contributed by atoms with Crippen LogP contribution in [-0.4, -0.2) is 23.0 Å². The van der Waals surface area contributed by atoms with Gasteiger partial charge in [0, 0.05) is 29.5 Å². The van der Waals surface area contributed by atoms with Crippen molar-refractivity contribution in [3.8, 4) is 0 Å². The van der Waals surface area contributed by atoms with Crippen LogP contribution in [0.4, 0.5) is 0 Å². The third-order valence-corrected chi connectivity index (χ3v) is 4.78. The summed E-state index contributed by atoms with van der Waals surface area (Å²) in [6.07, 6.45) is 2.41. The van der Waals surface area contributed by atoms with Crippen molar-refractivity contribution in [1.29, 1.82) is 0 Å². The fraction of sp³-hybridized carbons (Fsp3) is 0.750. The Morgan fingerprint density at radius 2 is 2.00 bits per heavy atom. The summed E-state index contributed by atoms with van der Waals surface area (Å²) in [6.45, 7) is 13.2. The van der Waals surface area contributed by atoms with E-state index in [2.05, 4.69) is 57.0 Å². The van der Waals surface area contributed by atoms with Crippen molar-refractivity contribution < 1.29 is 0 Å². The van der Waals surface area contributed by atoms with Crippen LogP contribution in [0, 0.1) is 5.92 Å². The predicted octanol–water partition coefficient (Wildman–Crippen LogP) is 4.11. The van der Waals surface area contributed by atoms with E-state index >= 15 is 0 Å². The van der Waals surface area contributed by atoms with Crippen molar-refractivity contribution >= 4 is 11.3 Å². The van der Waals surface area contributed by atoms with Gasteiger partial charge in [-0.1, -0.05) is 19.9 Å². The Kier molecular flexibility index (Phi) is 6.51. The van der Waals surface area contributed by atoms with E-state index in [-0.39, 0.29) is 5.54 Å². The molecule has 0 spiro atoms. The average Bonchev–Trinajstić information content (AvgIpc) is 2.85. The Morgan fingerprint density at radius 3 is 2.42 bits per heavy atom. The van der Waals surface area contributed by atoms with E-state index in [0.717, 1.165) is 19.0 Å². The summed E-state index contributed by atoms with van der Waals surface area (Å²) in [5, 5.41) is 2.15. The molecule has 1 aromatic rings. The highest BCUT2D eigenvalue weighted by molar-refractivity contribution is 7.09. The van der Waals surface area contributed by atoms with Crippen molar-refractivity contribution in [2.45, 2.75) is 65.6 Å². The summed E-state index contributed by atoms with van der Waals surface area (Å²) in [4.78, 5) is 4.00. The molecule has 1 aromatic heterocycles. The number of nitrogens with zero attached hydrogens (tertiary/aromatic N) is 1. The maximum Gasteiger partial charge on any atom is 0.0336 e. The van der Waals surface area contributed by atoms with Crippen molar-refractivity contribution in [2.24, 2.45) is 11.7 Å². The first-order valence-corrected chi connectivity index (χ1v) is 8.26. The molecule has 0 radical (unpaired) electrons. The number of hydrogen-bond donors (Lipinski definition) is 1. The second-order valence-electron chi connectivity index (χ2n) is 6.43. The van der Waals surface area contributed by atoms with E-state index < -0.39 is 0 Å². The highest BCUT2D eigenvalue weighted by Gasteiger charge is 2.32. The zero-order chi connectivity index (χ0) is 14.5. The first-order chi connectivity index (χ1) is 8.89. The number of nitrogens with two attached hydrogens (primary N) is 1. The normalized spacial score (nSPS) is 15.4. The van der Waals surface area contributed by atoms with Gasteiger partial charge in [0.1, 0.15) is 0 Å². The Balaban J connectivity index is 2.81. The summed E-state index contributed by atoms with van der Waals surface area (Å²) in [5.41, 5.74) is 6.22. The minimum Gasteiger partial charge on any atom is -0.329 e. The molecule has 19 heavy (non-hydrogen) atoms. The molecule has 110 valence electrons. The molecule has 0 aliphatic carbocycles. The fourth-order valence-corrected chi connectivity index (χ4v) is 3.23. The molecule has 0 bridgehead atoms. The van der Waals surface area contributed by atoms with Crippen molar-refractivity contribution in [1.82, 2.24) is 4.90 Å². The average molecular weight is 282 g/mol. The molecular formula is C16H30N2S. The molecule has 3 heteroatoms. The minimum absolute atomic E-state index is 0.0996. The first-order valence-electron chi connectivity index (χ1n) is 7.38. The third-order valence-electron chi connectivity index (χ3n) is 3.92. The van der Waals surface area contributed by atoms with Crippen molar-refractivity contribution in [2.75, 3.05) is 6.54 Å². The van der Waals surface area contributed by atoms with Gasteiger partial charge >= 0.3 is 0 Å². The molecule has 0 saturated carbocycles. The molecule has 0 amide bonds. The van der Waals surface area contributed by atoms with Gasteiger partial charge in [0.25, 0.3) is 0 Å². The molecule has 0 fully saturated rings. The lowest BCUT2D eigenvalue weighted by molar-refractivity contribution is 0.0565. The van der Waals surface area contributed by atoms with Crippen LogP contribution in [0.25, 0.3) is 0 Å². The summed E-state index contributed by atoms with van der Waals surface area (Å²) < 4.78 is 0. The standard InChI is InChI=1S/C16H30N2S/c1-13(2)8-9-16(5,12-17)18(14(3)4)11-15-7-6-10-19-15/h6-7,10,13-14H,8-9,11-12,17H2,1-5H3. The smallest absolute Gasteiger partial charge is 0.0336 e. The van der Waals surface area contributed by atoms with Crippen molar-refractivity contribution in [3.05, 3.63) is 22.4 Å². The van der Waals surface area contributed by atoms with E-state index in [0.29, 0.717) is 6.04 Å². The first kappa shape index (κ1) is 16.7. The van der Waals surface area contributed by atoms with Gasteiger partial charge in [-0.05, 0) is 51.0 Å². The summed E-state index contributed by atoms with van der Waals surface area (Å²) in [5.74, 6) is 0.738. The lowest BCUT2D eigenvalue weighted by atomic mass is 9.89. The highest BCUT2D eigenvalue weighted by Crippen LogP contribution is 2.28. The van der Waals surface area contributed by atoms with E-state index in [1.807, 2.05) is 11.3 Å². The fourth-order valence-electron chi connectivity index (χ4n) is 2.53. The van der Waals surface area contributed by atoms with Gasteiger partial charge in [-0.2, -0.15) is 0 Å². The quantitative estimate of drug-likeness (QED) is 0.777. The SMILES string of the molecule is CC(C)CCC(C)(CN)N(Cc1cccs1)C(C)C. The van der Waals surface area contributed by atoms with Gasteiger partial charge < -0.3 is 5.73 Å². The number of hydrogen-bond acceptors (Lipinski definition) is 3. The van der Waals surface area contributed by atoms with E-state index in [1.165, 1.54) is 17.7 Å². The van der Waals surface area contributed by atoms with Crippen LogP contribution in [0.3, 0.4) is 0 Å². The van der Waals surface area contributed by atoms with Crippen LogP contribution >= 0.6 is 11.3 Å². The Morgan fingerprint density at radius 1 is 1.32 bits per heavy atom. The van der Waals surface area contributed by atoms with Gasteiger partial charge in [-0.25, -0.2) is 0 Å². The van der Waals surface area contributed by atoms with E-state index in [1.54, 1.807) is 0 Å². The lowest BCUT2D eigenvalue weighted by Gasteiger charge is -2.44. The second-order valence-corrected chi connectivity index (χ2v) is 7.47. The van der Waals surface area contributed by atoms with Crippen LogP contribution in [-0.2, 0) is 6.54 Å². The number of rotatable bonds is 8. The third kappa shape index (κ3) is 4.90. The maximum atomic E-state index is 6.12. The van der Waals surface area contributed by atoms with Gasteiger partial charge in [-0.15, -0.1) is 11.3 Å². The summed E-state index contributed by atoms with van der Waals surface area (Å²) in [7, 11) is 0. The highest BCUT2D eigenvalue weighted by atomic mass is 32.1. The second kappa shape index (κ2) is 7.41. The zero-order valence-corrected chi connectivity index (χ0v) is 14.0. The van der Waals surface area contributed by atoms with Crippen LogP contribution in [0.1, 0.15) is 52.3 Å². The molecule has 2 N–H and O–H groups in total. The lowest BCUT2D eigenvalue weighted by Crippen LogP contribution is -2.54. The van der Waals surface area contributed by atoms with Gasteiger partial charge in [-0.3, -0.25) is 4.90 Å². The molecule has 1 rings (SSSR count). The molecular weight excluding hydrogens is 252 g/mol. The molecule has 0 aromatic carbocycles. The largest absolute Gasteiger partial charge is 0.329 e. The predicted molar refractivity (Wildman–Crippen MR) is 86.5 cm³/mol. The van der Waals surface area contributed by atoms with Crippen LogP contribution in [0.5, 0.6) is 0 Å². The summed E-state index contributed by atoms with van der Waals surface area (Å²) >= 11 is 1.84. The minimum atomic E-state index is 0.0996. The summed E-state index contributed by atoms with van der Waals surface area (Å²) in [6, 6.07) is 4.87. The zero-order valence-electron chi connectivity index (χ0n) is 13.1. The van der Waals surface area contributed by atoms with Gasteiger partial charge in [0.05, 0.1) is 0 Å². The van der Waals surface area contributed by atoms with Crippen molar-refractivity contribution in [3.63, 3.8) is 0 Å². The molecule has 0 aliphatic rings. The van der Waals surface area contributed by atoms with E-state index in [9.17, 15) is 0 Å². The van der Waals surface area contributed by atoms with Crippen LogP contribution in [0.2, 0.25) is 0 Å². The molecule has 0 saturated heterocycles. The maximum absolute atomic E-state index is 6.12. The van der Waals surface area contributed by atoms with Crippen LogP contribution in [0.15, 0.2) is 17.5 Å². The Hall–Kier alpha value is -0.380. The molecule has 2 nitrogen and oxygen atoms in total. The van der Waals surface area contributed by atoms with Gasteiger partial charge in [0.15, 0.2) is 0 Å². The van der Waals surface area contributed by atoms with E-state index in [4.69, 9.17) is 5.73 Å². The number of thiophene rings is 1. The van der Waals surface area contributed by atoms with Gasteiger partial charge in [0.2, 0.25) is 0 Å². The van der Waals surface area contributed by atoms with Crippen LogP contribution < -0.4 is 5.73 Å². The topological polar surface area (TPSA) is 29.3 Å². The Labute approximate surface area is 123 Å². The Bertz CT molecular complexity index is 346. The molecule has 1 atom stereocenters. The molecule has 0 aliphatic heterocycles. The molecule has 1 unspecified atom stereocenters. The monoisotopic (exact) mass is 282 g/mol. The molecule has 1 heterocycles.